The fourth-order valence-corrected chi connectivity index (χ4v) is 3.94. The summed E-state index contributed by atoms with van der Waals surface area (Å²) in [6.45, 7) is 0.455. The van der Waals surface area contributed by atoms with Gasteiger partial charge in [-0.3, -0.25) is 14.1 Å². The van der Waals surface area contributed by atoms with Crippen molar-refractivity contribution in [1.29, 1.82) is 0 Å². The lowest BCUT2D eigenvalue weighted by Crippen LogP contribution is -2.27. The molecule has 0 spiro atoms. The first-order chi connectivity index (χ1) is 11.9. The number of aryl methyl sites for hydroxylation is 1. The highest BCUT2D eigenvalue weighted by molar-refractivity contribution is 7.92. The zero-order valence-corrected chi connectivity index (χ0v) is 14.9. The Morgan fingerprint density at radius 3 is 2.88 bits per heavy atom. The number of hydrogen-bond donors (Lipinski definition) is 1. The van der Waals surface area contributed by atoms with E-state index in [0.29, 0.717) is 30.8 Å². The normalized spacial score (nSPS) is 13.6. The molecule has 0 radical (unpaired) electrons. The van der Waals surface area contributed by atoms with Gasteiger partial charge in [-0.25, -0.2) is 8.42 Å². The monoisotopic (exact) mass is 359 g/mol. The SMILES string of the molecule is CS(=O)(=O)N1CCc2ccc(NC(=O)CCCc3cccnc3)cc21. The van der Waals surface area contributed by atoms with E-state index in [1.54, 1.807) is 18.5 Å². The number of amides is 1. The first kappa shape index (κ1) is 17.4. The van der Waals surface area contributed by atoms with Gasteiger partial charge in [0.15, 0.2) is 0 Å². The van der Waals surface area contributed by atoms with Crippen LogP contribution in [0.3, 0.4) is 0 Å². The summed E-state index contributed by atoms with van der Waals surface area (Å²) in [4.78, 5) is 16.2. The second kappa shape index (κ2) is 7.23. The highest BCUT2D eigenvalue weighted by Gasteiger charge is 2.26. The van der Waals surface area contributed by atoms with Crippen LogP contribution in [0.4, 0.5) is 11.4 Å². The Hall–Kier alpha value is -2.41. The van der Waals surface area contributed by atoms with Gasteiger partial charge < -0.3 is 5.32 Å². The summed E-state index contributed by atoms with van der Waals surface area (Å²) in [5, 5.41) is 2.85. The third-order valence-corrected chi connectivity index (χ3v) is 5.39. The van der Waals surface area contributed by atoms with Crippen molar-refractivity contribution in [2.75, 3.05) is 22.4 Å². The molecule has 0 bridgehead atoms. The van der Waals surface area contributed by atoms with Gasteiger partial charge in [0, 0.05) is 31.0 Å². The number of hydrogen-bond acceptors (Lipinski definition) is 4. The van der Waals surface area contributed by atoms with E-state index in [4.69, 9.17) is 0 Å². The maximum atomic E-state index is 12.1. The van der Waals surface area contributed by atoms with Crippen LogP contribution in [0.5, 0.6) is 0 Å². The molecule has 1 aliphatic heterocycles. The first-order valence-corrected chi connectivity index (χ1v) is 10.1. The molecule has 1 aromatic heterocycles. The van der Waals surface area contributed by atoms with Gasteiger partial charge in [-0.05, 0) is 48.6 Å². The molecule has 6 nitrogen and oxygen atoms in total. The molecule has 0 saturated carbocycles. The van der Waals surface area contributed by atoms with E-state index in [9.17, 15) is 13.2 Å². The third-order valence-electron chi connectivity index (χ3n) is 4.21. The predicted molar refractivity (Wildman–Crippen MR) is 98.1 cm³/mol. The fraction of sp³-hybridized carbons (Fsp3) is 0.333. The number of anilines is 2. The Labute approximate surface area is 147 Å². The van der Waals surface area contributed by atoms with Gasteiger partial charge >= 0.3 is 0 Å². The Balaban J connectivity index is 1.59. The van der Waals surface area contributed by atoms with E-state index in [1.165, 1.54) is 10.6 Å². The lowest BCUT2D eigenvalue weighted by Gasteiger charge is -2.17. The molecule has 0 atom stereocenters. The molecule has 0 saturated heterocycles. The van der Waals surface area contributed by atoms with Gasteiger partial charge in [-0.1, -0.05) is 12.1 Å². The number of nitrogens with zero attached hydrogens (tertiary/aromatic N) is 2. The molecule has 132 valence electrons. The maximum absolute atomic E-state index is 12.1. The summed E-state index contributed by atoms with van der Waals surface area (Å²) < 4.78 is 25.1. The number of fused-ring (bicyclic) bond motifs is 1. The smallest absolute Gasteiger partial charge is 0.232 e. The van der Waals surface area contributed by atoms with Crippen molar-refractivity contribution in [3.8, 4) is 0 Å². The highest BCUT2D eigenvalue weighted by Crippen LogP contribution is 2.32. The van der Waals surface area contributed by atoms with E-state index in [-0.39, 0.29) is 5.91 Å². The molecular weight excluding hydrogens is 338 g/mol. The zero-order chi connectivity index (χ0) is 17.9. The van der Waals surface area contributed by atoms with Crippen LogP contribution in [0.1, 0.15) is 24.0 Å². The largest absolute Gasteiger partial charge is 0.326 e. The van der Waals surface area contributed by atoms with Crippen molar-refractivity contribution in [3.05, 3.63) is 53.9 Å². The average molecular weight is 359 g/mol. The third kappa shape index (κ3) is 4.36. The number of sulfonamides is 1. The van der Waals surface area contributed by atoms with Crippen molar-refractivity contribution in [3.63, 3.8) is 0 Å². The van der Waals surface area contributed by atoms with Crippen LogP contribution in [-0.4, -0.2) is 32.1 Å². The highest BCUT2D eigenvalue weighted by atomic mass is 32.2. The molecular formula is C18H21N3O3S. The van der Waals surface area contributed by atoms with E-state index < -0.39 is 10.0 Å². The number of pyridine rings is 1. The quantitative estimate of drug-likeness (QED) is 0.859. The second-order valence-electron chi connectivity index (χ2n) is 6.19. The summed E-state index contributed by atoms with van der Waals surface area (Å²) in [7, 11) is -3.29. The van der Waals surface area contributed by atoms with Crippen LogP contribution in [0, 0.1) is 0 Å². The van der Waals surface area contributed by atoms with Gasteiger partial charge in [0.25, 0.3) is 0 Å². The molecule has 0 unspecified atom stereocenters. The Morgan fingerprint density at radius 1 is 1.32 bits per heavy atom. The van der Waals surface area contributed by atoms with Gasteiger partial charge in [0.05, 0.1) is 11.9 Å². The fourth-order valence-electron chi connectivity index (χ4n) is 2.99. The van der Waals surface area contributed by atoms with Crippen LogP contribution in [0.15, 0.2) is 42.7 Å². The summed E-state index contributed by atoms with van der Waals surface area (Å²) in [6.07, 6.45) is 7.36. The molecule has 1 amide bonds. The van der Waals surface area contributed by atoms with Crippen molar-refractivity contribution in [1.82, 2.24) is 4.98 Å². The Bertz CT molecular complexity index is 866. The predicted octanol–water partition coefficient (Wildman–Crippen LogP) is 2.37. The summed E-state index contributed by atoms with van der Waals surface area (Å²) >= 11 is 0. The van der Waals surface area contributed by atoms with Gasteiger partial charge in [0.1, 0.15) is 0 Å². The van der Waals surface area contributed by atoms with Crippen molar-refractivity contribution in [2.24, 2.45) is 0 Å². The van der Waals surface area contributed by atoms with Gasteiger partial charge in [-0.15, -0.1) is 0 Å². The standard InChI is InChI=1S/C18H21N3O3S/c1-25(23,24)21-11-9-15-7-8-16(12-17(15)21)20-18(22)6-2-4-14-5-3-10-19-13-14/h3,5,7-8,10,12-13H,2,4,6,9,11H2,1H3,(H,20,22). The van der Waals surface area contributed by atoms with Crippen LogP contribution in [-0.2, 0) is 27.7 Å². The lowest BCUT2D eigenvalue weighted by atomic mass is 10.1. The van der Waals surface area contributed by atoms with Crippen LogP contribution < -0.4 is 9.62 Å². The summed E-state index contributed by atoms with van der Waals surface area (Å²) in [6, 6.07) is 9.32. The molecule has 1 aliphatic rings. The lowest BCUT2D eigenvalue weighted by molar-refractivity contribution is -0.116. The minimum Gasteiger partial charge on any atom is -0.326 e. The summed E-state index contributed by atoms with van der Waals surface area (Å²) in [5.41, 5.74) is 3.38. The summed E-state index contributed by atoms with van der Waals surface area (Å²) in [5.74, 6) is -0.0762. The number of carbonyl (C=O) groups excluding carboxylic acids is 1. The van der Waals surface area contributed by atoms with Crippen molar-refractivity contribution in [2.45, 2.75) is 25.7 Å². The van der Waals surface area contributed by atoms with Crippen LogP contribution in [0.25, 0.3) is 0 Å². The van der Waals surface area contributed by atoms with Gasteiger partial charge in [-0.2, -0.15) is 0 Å². The molecule has 2 aromatic rings. The van der Waals surface area contributed by atoms with E-state index >= 15 is 0 Å². The Kier molecular flexibility index (Phi) is 5.03. The molecule has 1 aromatic carbocycles. The number of carbonyl (C=O) groups is 1. The number of aromatic nitrogens is 1. The maximum Gasteiger partial charge on any atom is 0.232 e. The molecule has 0 aliphatic carbocycles. The number of benzene rings is 1. The first-order valence-electron chi connectivity index (χ1n) is 8.23. The van der Waals surface area contributed by atoms with Crippen molar-refractivity contribution >= 4 is 27.3 Å². The Morgan fingerprint density at radius 2 is 2.16 bits per heavy atom. The minimum atomic E-state index is -3.29. The minimum absolute atomic E-state index is 0.0762. The van der Waals surface area contributed by atoms with E-state index in [1.807, 2.05) is 24.3 Å². The number of nitrogens with one attached hydrogen (secondary N) is 1. The molecule has 25 heavy (non-hydrogen) atoms. The van der Waals surface area contributed by atoms with Crippen LogP contribution in [0.2, 0.25) is 0 Å². The molecule has 3 rings (SSSR count). The van der Waals surface area contributed by atoms with Gasteiger partial charge in [0.2, 0.25) is 15.9 Å². The topological polar surface area (TPSA) is 79.4 Å². The van der Waals surface area contributed by atoms with Crippen LogP contribution >= 0.6 is 0 Å². The molecule has 1 N–H and O–H groups in total. The average Bonchev–Trinajstić information content (AvgIpc) is 2.99. The molecule has 7 heteroatoms. The number of rotatable bonds is 6. The molecule has 0 fully saturated rings. The van der Waals surface area contributed by atoms with E-state index in [2.05, 4.69) is 10.3 Å². The molecule has 2 heterocycles. The van der Waals surface area contributed by atoms with Crippen molar-refractivity contribution < 1.29 is 13.2 Å². The second-order valence-corrected chi connectivity index (χ2v) is 8.10. The zero-order valence-electron chi connectivity index (χ0n) is 14.1. The van der Waals surface area contributed by atoms with E-state index in [0.717, 1.165) is 24.0 Å².